The molecule has 0 radical (unpaired) electrons. The first-order chi connectivity index (χ1) is 12.3. The summed E-state index contributed by atoms with van der Waals surface area (Å²) in [6.45, 7) is 3.60. The number of unbranched alkanes of at least 4 members (excludes halogenated alkanes) is 7. The SMILES string of the molecule is CCCCCC1OC1CC=CCCCCCCCC(=O)NCCCN. The van der Waals surface area contributed by atoms with Crippen molar-refractivity contribution in [2.24, 2.45) is 5.73 Å². The molecule has 1 saturated heterocycles. The predicted octanol–water partition coefficient (Wildman–Crippen LogP) is 4.48. The van der Waals surface area contributed by atoms with E-state index in [1.54, 1.807) is 0 Å². The number of epoxide rings is 1. The van der Waals surface area contributed by atoms with Gasteiger partial charge in [-0.15, -0.1) is 0 Å². The summed E-state index contributed by atoms with van der Waals surface area (Å²) in [6.07, 6.45) is 20.6. The molecule has 2 atom stereocenters. The molecule has 1 heterocycles. The zero-order chi connectivity index (χ0) is 18.2. The molecule has 4 nitrogen and oxygen atoms in total. The number of carbonyl (C=O) groups excluding carboxylic acids is 1. The van der Waals surface area contributed by atoms with E-state index in [2.05, 4.69) is 24.4 Å². The zero-order valence-electron chi connectivity index (χ0n) is 16.3. The Morgan fingerprint density at radius 2 is 1.80 bits per heavy atom. The van der Waals surface area contributed by atoms with Crippen LogP contribution >= 0.6 is 0 Å². The Bertz CT molecular complexity index is 358. The zero-order valence-corrected chi connectivity index (χ0v) is 16.3. The number of hydrogen-bond donors (Lipinski definition) is 2. The van der Waals surface area contributed by atoms with Gasteiger partial charge in [-0.25, -0.2) is 0 Å². The molecule has 2 unspecified atom stereocenters. The van der Waals surface area contributed by atoms with Crippen molar-refractivity contribution in [1.82, 2.24) is 5.32 Å². The Balaban J connectivity index is 1.79. The number of amides is 1. The minimum absolute atomic E-state index is 0.173. The number of ether oxygens (including phenoxy) is 1. The fraction of sp³-hybridized carbons (Fsp3) is 0.857. The van der Waals surface area contributed by atoms with E-state index in [9.17, 15) is 4.79 Å². The minimum atomic E-state index is 0.173. The summed E-state index contributed by atoms with van der Waals surface area (Å²) in [7, 11) is 0. The second kappa shape index (κ2) is 15.4. The van der Waals surface area contributed by atoms with Crippen LogP contribution in [0.4, 0.5) is 0 Å². The van der Waals surface area contributed by atoms with Gasteiger partial charge in [0, 0.05) is 13.0 Å². The first kappa shape index (κ1) is 22.2. The molecular weight excluding hydrogens is 312 g/mol. The van der Waals surface area contributed by atoms with Gasteiger partial charge in [0.25, 0.3) is 0 Å². The van der Waals surface area contributed by atoms with Gasteiger partial charge in [0.2, 0.25) is 5.91 Å². The van der Waals surface area contributed by atoms with E-state index in [0.29, 0.717) is 31.7 Å². The average Bonchev–Trinajstić information content (AvgIpc) is 3.35. The van der Waals surface area contributed by atoms with Gasteiger partial charge < -0.3 is 15.8 Å². The number of allylic oxidation sites excluding steroid dienone is 1. The molecule has 146 valence electrons. The summed E-state index contributed by atoms with van der Waals surface area (Å²) < 4.78 is 5.70. The lowest BCUT2D eigenvalue weighted by atomic mass is 10.1. The second-order valence-corrected chi connectivity index (χ2v) is 7.21. The van der Waals surface area contributed by atoms with Crippen LogP contribution in [0.25, 0.3) is 0 Å². The quantitative estimate of drug-likeness (QED) is 0.230. The van der Waals surface area contributed by atoms with Gasteiger partial charge in [0.15, 0.2) is 0 Å². The van der Waals surface area contributed by atoms with Crippen LogP contribution in [0.2, 0.25) is 0 Å². The molecule has 0 aromatic heterocycles. The normalized spacial score (nSPS) is 19.4. The Morgan fingerprint density at radius 1 is 1.00 bits per heavy atom. The third kappa shape index (κ3) is 13.1. The lowest BCUT2D eigenvalue weighted by molar-refractivity contribution is -0.121. The maximum Gasteiger partial charge on any atom is 0.219 e. The molecule has 0 spiro atoms. The molecular formula is C21H40N2O2. The van der Waals surface area contributed by atoms with Gasteiger partial charge in [-0.2, -0.15) is 0 Å². The lowest BCUT2D eigenvalue weighted by Crippen LogP contribution is -2.25. The summed E-state index contributed by atoms with van der Waals surface area (Å²) in [5.74, 6) is 0.173. The molecule has 4 heteroatoms. The molecule has 0 aromatic carbocycles. The highest BCUT2D eigenvalue weighted by Crippen LogP contribution is 2.30. The van der Waals surface area contributed by atoms with Crippen LogP contribution < -0.4 is 11.1 Å². The molecule has 1 aliphatic heterocycles. The number of nitrogens with one attached hydrogen (secondary N) is 1. The smallest absolute Gasteiger partial charge is 0.219 e. The van der Waals surface area contributed by atoms with Crippen molar-refractivity contribution in [3.8, 4) is 0 Å². The highest BCUT2D eigenvalue weighted by Gasteiger charge is 2.36. The number of hydrogen-bond acceptors (Lipinski definition) is 3. The minimum Gasteiger partial charge on any atom is -0.369 e. The van der Waals surface area contributed by atoms with Crippen LogP contribution in [0.15, 0.2) is 12.2 Å². The largest absolute Gasteiger partial charge is 0.369 e. The van der Waals surface area contributed by atoms with Crippen molar-refractivity contribution in [1.29, 1.82) is 0 Å². The molecule has 1 rings (SSSR count). The molecule has 0 bridgehead atoms. The van der Waals surface area contributed by atoms with Crippen LogP contribution in [-0.4, -0.2) is 31.2 Å². The van der Waals surface area contributed by atoms with Gasteiger partial charge in [-0.1, -0.05) is 57.6 Å². The van der Waals surface area contributed by atoms with Gasteiger partial charge in [0.1, 0.15) is 0 Å². The van der Waals surface area contributed by atoms with Crippen molar-refractivity contribution in [3.05, 3.63) is 12.2 Å². The standard InChI is InChI=1S/C21H40N2O2/c1-2-3-10-14-19-20(25-19)15-11-8-6-4-5-7-9-12-16-21(24)23-18-13-17-22/h8,11,19-20H,2-7,9-10,12-18,22H2,1H3,(H,23,24). The van der Waals surface area contributed by atoms with Crippen molar-refractivity contribution in [2.45, 2.75) is 103 Å². The number of carbonyl (C=O) groups is 1. The Hall–Kier alpha value is -0.870. The first-order valence-electron chi connectivity index (χ1n) is 10.5. The van der Waals surface area contributed by atoms with Gasteiger partial charge >= 0.3 is 0 Å². The van der Waals surface area contributed by atoms with Gasteiger partial charge in [0.05, 0.1) is 12.2 Å². The topological polar surface area (TPSA) is 67.7 Å². The number of rotatable bonds is 17. The average molecular weight is 353 g/mol. The third-order valence-electron chi connectivity index (χ3n) is 4.79. The fourth-order valence-corrected chi connectivity index (χ4v) is 3.08. The molecule has 25 heavy (non-hydrogen) atoms. The maximum atomic E-state index is 11.5. The fourth-order valence-electron chi connectivity index (χ4n) is 3.08. The first-order valence-corrected chi connectivity index (χ1v) is 10.5. The highest BCUT2D eigenvalue weighted by molar-refractivity contribution is 5.75. The molecule has 1 amide bonds. The monoisotopic (exact) mass is 352 g/mol. The Labute approximate surface area is 155 Å². The molecule has 0 aliphatic carbocycles. The highest BCUT2D eigenvalue weighted by atomic mass is 16.6. The molecule has 0 aromatic rings. The van der Waals surface area contributed by atoms with Gasteiger partial charge in [-0.3, -0.25) is 4.79 Å². The van der Waals surface area contributed by atoms with E-state index in [4.69, 9.17) is 10.5 Å². The molecule has 1 aliphatic rings. The van der Waals surface area contributed by atoms with Gasteiger partial charge in [-0.05, 0) is 45.1 Å². The maximum absolute atomic E-state index is 11.5. The summed E-state index contributed by atoms with van der Waals surface area (Å²) in [6, 6.07) is 0. The third-order valence-corrected chi connectivity index (χ3v) is 4.79. The number of nitrogens with two attached hydrogens (primary N) is 1. The van der Waals surface area contributed by atoms with Crippen LogP contribution in [0.3, 0.4) is 0 Å². The van der Waals surface area contributed by atoms with E-state index in [-0.39, 0.29) is 5.91 Å². The summed E-state index contributed by atoms with van der Waals surface area (Å²) in [5.41, 5.74) is 5.40. The van der Waals surface area contributed by atoms with Crippen LogP contribution in [0.5, 0.6) is 0 Å². The summed E-state index contributed by atoms with van der Waals surface area (Å²) in [4.78, 5) is 11.5. The summed E-state index contributed by atoms with van der Waals surface area (Å²) in [5, 5.41) is 2.90. The molecule has 1 fully saturated rings. The van der Waals surface area contributed by atoms with Crippen molar-refractivity contribution >= 4 is 5.91 Å². The molecule has 3 N–H and O–H groups in total. The second-order valence-electron chi connectivity index (χ2n) is 7.21. The van der Waals surface area contributed by atoms with E-state index < -0.39 is 0 Å². The lowest BCUT2D eigenvalue weighted by Gasteiger charge is -2.04. The van der Waals surface area contributed by atoms with E-state index in [1.807, 2.05) is 0 Å². The van der Waals surface area contributed by atoms with Crippen LogP contribution in [-0.2, 0) is 9.53 Å². The van der Waals surface area contributed by atoms with E-state index >= 15 is 0 Å². The van der Waals surface area contributed by atoms with Crippen LogP contribution in [0, 0.1) is 0 Å². The van der Waals surface area contributed by atoms with Crippen molar-refractivity contribution in [3.63, 3.8) is 0 Å². The van der Waals surface area contributed by atoms with E-state index in [0.717, 1.165) is 25.7 Å². The summed E-state index contributed by atoms with van der Waals surface area (Å²) >= 11 is 0. The predicted molar refractivity (Wildman–Crippen MR) is 106 cm³/mol. The Morgan fingerprint density at radius 3 is 2.60 bits per heavy atom. The van der Waals surface area contributed by atoms with Crippen LogP contribution in [0.1, 0.15) is 90.4 Å². The van der Waals surface area contributed by atoms with Crippen molar-refractivity contribution in [2.75, 3.05) is 13.1 Å². The van der Waals surface area contributed by atoms with Crippen molar-refractivity contribution < 1.29 is 9.53 Å². The Kier molecular flexibility index (Phi) is 13.6. The van der Waals surface area contributed by atoms with E-state index in [1.165, 1.54) is 51.4 Å². The molecule has 0 saturated carbocycles.